The summed E-state index contributed by atoms with van der Waals surface area (Å²) in [6.07, 6.45) is 4.64. The first-order valence-electron chi connectivity index (χ1n) is 5.49. The second-order valence-electron chi connectivity index (χ2n) is 4.43. The van der Waals surface area contributed by atoms with Crippen LogP contribution in [0.1, 0.15) is 19.8 Å². The van der Waals surface area contributed by atoms with E-state index in [1.807, 2.05) is 0 Å². The molecule has 1 fully saturated rings. The van der Waals surface area contributed by atoms with Gasteiger partial charge in [0.05, 0.1) is 5.92 Å². The average Bonchev–Trinajstić information content (AvgIpc) is 2.26. The Labute approximate surface area is 95.9 Å². The zero-order valence-electron chi connectivity index (χ0n) is 9.56. The molecule has 3 nitrogen and oxygen atoms in total. The van der Waals surface area contributed by atoms with Crippen molar-refractivity contribution in [2.45, 2.75) is 19.8 Å². The summed E-state index contributed by atoms with van der Waals surface area (Å²) in [6.45, 7) is 8.93. The number of carbonyl (C=O) groups excluding carboxylic acids is 1. The largest absolute Gasteiger partial charge is 0.481 e. The number of ketones is 1. The molecule has 0 heterocycles. The van der Waals surface area contributed by atoms with Gasteiger partial charge < -0.3 is 5.11 Å². The van der Waals surface area contributed by atoms with Gasteiger partial charge in [0.15, 0.2) is 0 Å². The molecule has 1 aliphatic rings. The van der Waals surface area contributed by atoms with Crippen molar-refractivity contribution in [1.82, 2.24) is 0 Å². The van der Waals surface area contributed by atoms with E-state index in [1.54, 1.807) is 12.2 Å². The Morgan fingerprint density at radius 1 is 1.12 bits per heavy atom. The van der Waals surface area contributed by atoms with Gasteiger partial charge in [-0.2, -0.15) is 0 Å². The summed E-state index contributed by atoms with van der Waals surface area (Å²) in [5, 5.41) is 9.12. The standard InChI is InChI=1S/C13H18O3/c1-4-9-6-11(8(3)14)12(13(15)16)7-10(9)5-2/h4-5,9-12H,1-2,6-7H2,3H3,(H,15,16). The highest BCUT2D eigenvalue weighted by Gasteiger charge is 2.40. The Balaban J connectivity index is 2.93. The predicted molar refractivity (Wildman–Crippen MR) is 61.9 cm³/mol. The van der Waals surface area contributed by atoms with E-state index in [4.69, 9.17) is 5.11 Å². The maximum absolute atomic E-state index is 11.4. The number of hydrogen-bond acceptors (Lipinski definition) is 2. The number of aliphatic carboxylic acids is 1. The Morgan fingerprint density at radius 3 is 1.88 bits per heavy atom. The highest BCUT2D eigenvalue weighted by molar-refractivity contribution is 5.84. The SMILES string of the molecule is C=CC1CC(C(C)=O)C(C(=O)O)CC1C=C. The van der Waals surface area contributed by atoms with Crippen molar-refractivity contribution in [3.05, 3.63) is 25.3 Å². The fourth-order valence-corrected chi connectivity index (χ4v) is 2.53. The fourth-order valence-electron chi connectivity index (χ4n) is 2.53. The molecule has 4 atom stereocenters. The van der Waals surface area contributed by atoms with Crippen LogP contribution in [0.2, 0.25) is 0 Å². The number of Topliss-reactive ketones (excluding diaryl/α,β-unsaturated/α-hetero) is 1. The van der Waals surface area contributed by atoms with Crippen molar-refractivity contribution < 1.29 is 14.7 Å². The van der Waals surface area contributed by atoms with Crippen molar-refractivity contribution in [1.29, 1.82) is 0 Å². The van der Waals surface area contributed by atoms with E-state index in [0.717, 1.165) is 0 Å². The molecule has 0 saturated heterocycles. The number of carboxylic acids is 1. The minimum Gasteiger partial charge on any atom is -0.481 e. The minimum atomic E-state index is -0.880. The van der Waals surface area contributed by atoms with Crippen LogP contribution in [0.4, 0.5) is 0 Å². The summed E-state index contributed by atoms with van der Waals surface area (Å²) >= 11 is 0. The molecular formula is C13H18O3. The van der Waals surface area contributed by atoms with Gasteiger partial charge in [0.2, 0.25) is 0 Å². The third kappa shape index (κ3) is 2.40. The van der Waals surface area contributed by atoms with Crippen LogP contribution in [0.15, 0.2) is 25.3 Å². The van der Waals surface area contributed by atoms with E-state index in [0.29, 0.717) is 12.8 Å². The zero-order valence-corrected chi connectivity index (χ0v) is 9.56. The summed E-state index contributed by atoms with van der Waals surface area (Å²) in [7, 11) is 0. The fraction of sp³-hybridized carbons (Fsp3) is 0.538. The first-order valence-corrected chi connectivity index (χ1v) is 5.49. The number of carbonyl (C=O) groups is 2. The number of hydrogen-bond donors (Lipinski definition) is 1. The molecule has 0 amide bonds. The van der Waals surface area contributed by atoms with E-state index in [9.17, 15) is 9.59 Å². The highest BCUT2D eigenvalue weighted by atomic mass is 16.4. The topological polar surface area (TPSA) is 54.4 Å². The summed E-state index contributed by atoms with van der Waals surface area (Å²) in [5.74, 6) is -1.58. The highest BCUT2D eigenvalue weighted by Crippen LogP contribution is 2.39. The smallest absolute Gasteiger partial charge is 0.307 e. The van der Waals surface area contributed by atoms with Crippen LogP contribution in [0, 0.1) is 23.7 Å². The van der Waals surface area contributed by atoms with Gasteiger partial charge in [0, 0.05) is 5.92 Å². The minimum absolute atomic E-state index is 0.0400. The lowest BCUT2D eigenvalue weighted by atomic mass is 9.67. The molecule has 0 aromatic heterocycles. The second kappa shape index (κ2) is 5.10. The molecule has 88 valence electrons. The van der Waals surface area contributed by atoms with Crippen LogP contribution >= 0.6 is 0 Å². The Hall–Kier alpha value is -1.38. The van der Waals surface area contributed by atoms with Gasteiger partial charge in [0.1, 0.15) is 5.78 Å². The van der Waals surface area contributed by atoms with Gasteiger partial charge in [-0.15, -0.1) is 13.2 Å². The summed E-state index contributed by atoms with van der Waals surface area (Å²) < 4.78 is 0. The molecule has 1 saturated carbocycles. The number of carboxylic acid groups (broad SMARTS) is 1. The summed E-state index contributed by atoms with van der Waals surface area (Å²) in [5.41, 5.74) is 0. The van der Waals surface area contributed by atoms with Crippen molar-refractivity contribution in [2.75, 3.05) is 0 Å². The molecule has 0 aliphatic heterocycles. The van der Waals surface area contributed by atoms with E-state index in [-0.39, 0.29) is 23.5 Å². The van der Waals surface area contributed by atoms with Gasteiger partial charge in [-0.1, -0.05) is 12.2 Å². The molecule has 0 aromatic carbocycles. The monoisotopic (exact) mass is 222 g/mol. The van der Waals surface area contributed by atoms with Crippen molar-refractivity contribution >= 4 is 11.8 Å². The van der Waals surface area contributed by atoms with Crippen LogP contribution in [0.5, 0.6) is 0 Å². The van der Waals surface area contributed by atoms with Crippen LogP contribution in [-0.4, -0.2) is 16.9 Å². The zero-order chi connectivity index (χ0) is 12.3. The lowest BCUT2D eigenvalue weighted by Crippen LogP contribution is -2.38. The molecule has 1 aliphatic carbocycles. The first kappa shape index (κ1) is 12.7. The van der Waals surface area contributed by atoms with Crippen molar-refractivity contribution in [3.8, 4) is 0 Å². The van der Waals surface area contributed by atoms with Crippen LogP contribution in [0.3, 0.4) is 0 Å². The molecule has 16 heavy (non-hydrogen) atoms. The lowest BCUT2D eigenvalue weighted by Gasteiger charge is -2.36. The molecule has 0 radical (unpaired) electrons. The van der Waals surface area contributed by atoms with Crippen molar-refractivity contribution in [2.24, 2.45) is 23.7 Å². The Bertz CT molecular complexity index is 287. The van der Waals surface area contributed by atoms with Crippen LogP contribution in [-0.2, 0) is 9.59 Å². The summed E-state index contributed by atoms with van der Waals surface area (Å²) in [6, 6.07) is 0. The van der Waals surface area contributed by atoms with Gasteiger partial charge in [-0.3, -0.25) is 9.59 Å². The van der Waals surface area contributed by atoms with E-state index in [2.05, 4.69) is 13.2 Å². The third-order valence-corrected chi connectivity index (χ3v) is 3.53. The molecule has 4 unspecified atom stereocenters. The predicted octanol–water partition coefficient (Wildman–Crippen LogP) is 2.29. The molecular weight excluding hydrogens is 204 g/mol. The maximum atomic E-state index is 11.4. The molecule has 3 heteroatoms. The number of allylic oxidation sites excluding steroid dienone is 2. The lowest BCUT2D eigenvalue weighted by molar-refractivity contribution is -0.149. The van der Waals surface area contributed by atoms with Gasteiger partial charge in [0.25, 0.3) is 0 Å². The average molecular weight is 222 g/mol. The van der Waals surface area contributed by atoms with E-state index < -0.39 is 11.9 Å². The van der Waals surface area contributed by atoms with Crippen LogP contribution in [0.25, 0.3) is 0 Å². The Morgan fingerprint density at radius 2 is 1.56 bits per heavy atom. The first-order chi connectivity index (χ1) is 7.51. The molecule has 1 rings (SSSR count). The normalized spacial score (nSPS) is 34.1. The van der Waals surface area contributed by atoms with Crippen LogP contribution < -0.4 is 0 Å². The molecule has 1 N–H and O–H groups in total. The third-order valence-electron chi connectivity index (χ3n) is 3.53. The maximum Gasteiger partial charge on any atom is 0.307 e. The number of rotatable bonds is 4. The molecule has 0 aromatic rings. The van der Waals surface area contributed by atoms with Gasteiger partial charge in [-0.25, -0.2) is 0 Å². The Kier molecular flexibility index (Phi) is 4.05. The van der Waals surface area contributed by atoms with Gasteiger partial charge in [-0.05, 0) is 31.6 Å². The van der Waals surface area contributed by atoms with E-state index in [1.165, 1.54) is 6.92 Å². The quantitative estimate of drug-likeness (QED) is 0.742. The van der Waals surface area contributed by atoms with Gasteiger partial charge >= 0.3 is 5.97 Å². The second-order valence-corrected chi connectivity index (χ2v) is 4.43. The molecule has 0 bridgehead atoms. The van der Waals surface area contributed by atoms with E-state index >= 15 is 0 Å². The van der Waals surface area contributed by atoms with Crippen molar-refractivity contribution in [3.63, 3.8) is 0 Å². The molecule has 0 spiro atoms. The summed E-state index contributed by atoms with van der Waals surface area (Å²) in [4.78, 5) is 22.6.